The third-order valence-corrected chi connectivity index (χ3v) is 3.05. The number of nitrogens with zero attached hydrogens (tertiary/aromatic N) is 1. The fraction of sp³-hybridized carbons (Fsp3) is 0.375. The van der Waals surface area contributed by atoms with E-state index in [4.69, 9.17) is 5.26 Å². The minimum absolute atomic E-state index is 0.0292. The van der Waals surface area contributed by atoms with Gasteiger partial charge < -0.3 is 10.6 Å². The van der Waals surface area contributed by atoms with E-state index in [0.717, 1.165) is 12.0 Å². The summed E-state index contributed by atoms with van der Waals surface area (Å²) in [5.74, 6) is -0.654. The molecular weight excluding hydrogens is 269 g/mol. The lowest BCUT2D eigenvalue weighted by Crippen LogP contribution is -2.33. The van der Waals surface area contributed by atoms with Crippen LogP contribution in [0.3, 0.4) is 0 Å². The largest absolute Gasteiger partial charge is 0.389 e. The predicted octanol–water partition coefficient (Wildman–Crippen LogP) is 2.28. The Bertz CT molecular complexity index is 549. The summed E-state index contributed by atoms with van der Waals surface area (Å²) in [6.45, 7) is 4.35. The molecule has 2 N–H and O–H groups in total. The third kappa shape index (κ3) is 6.09. The zero-order chi connectivity index (χ0) is 15.7. The number of benzene rings is 1. The second-order valence-electron chi connectivity index (χ2n) is 4.79. The van der Waals surface area contributed by atoms with Crippen LogP contribution in [0, 0.1) is 17.1 Å². The molecule has 0 heterocycles. The van der Waals surface area contributed by atoms with Crippen molar-refractivity contribution in [3.63, 3.8) is 0 Å². The highest BCUT2D eigenvalue weighted by molar-refractivity contribution is 5.97. The molecule has 1 aromatic carbocycles. The van der Waals surface area contributed by atoms with Gasteiger partial charge in [-0.25, -0.2) is 4.39 Å². The molecule has 0 saturated carbocycles. The van der Waals surface area contributed by atoms with Crippen molar-refractivity contribution in [3.8, 4) is 6.07 Å². The minimum atomic E-state index is -0.384. The van der Waals surface area contributed by atoms with Gasteiger partial charge in [-0.15, -0.1) is 0 Å². The highest BCUT2D eigenvalue weighted by Gasteiger charge is 2.10. The van der Waals surface area contributed by atoms with E-state index in [1.54, 1.807) is 6.07 Å². The van der Waals surface area contributed by atoms with E-state index >= 15 is 0 Å². The fourth-order valence-corrected chi connectivity index (χ4v) is 1.64. The smallest absolute Gasteiger partial charge is 0.263 e. The van der Waals surface area contributed by atoms with Crippen LogP contribution in [0.1, 0.15) is 25.8 Å². The van der Waals surface area contributed by atoms with Crippen molar-refractivity contribution in [3.05, 3.63) is 47.4 Å². The van der Waals surface area contributed by atoms with Gasteiger partial charge in [0, 0.05) is 18.8 Å². The number of hydrogen-bond acceptors (Lipinski definition) is 3. The van der Waals surface area contributed by atoms with Crippen molar-refractivity contribution in [2.45, 2.75) is 32.7 Å². The Balaban J connectivity index is 2.46. The Labute approximate surface area is 124 Å². The summed E-state index contributed by atoms with van der Waals surface area (Å²) in [6, 6.07) is 8.23. The molecule has 0 saturated heterocycles. The molecule has 0 fully saturated rings. The first kappa shape index (κ1) is 16.7. The van der Waals surface area contributed by atoms with Crippen molar-refractivity contribution in [2.24, 2.45) is 0 Å². The number of carbonyl (C=O) groups excluding carboxylic acids is 1. The number of nitriles is 1. The average molecular weight is 289 g/mol. The molecule has 0 aliphatic heterocycles. The molecule has 0 aromatic heterocycles. The van der Waals surface area contributed by atoms with Gasteiger partial charge >= 0.3 is 0 Å². The molecule has 4 nitrogen and oxygen atoms in total. The van der Waals surface area contributed by atoms with Gasteiger partial charge in [-0.3, -0.25) is 4.79 Å². The Kier molecular flexibility index (Phi) is 6.96. The van der Waals surface area contributed by atoms with Gasteiger partial charge in [-0.05, 0) is 37.5 Å². The SMILES string of the molecule is CCC(C)NC(=O)/C(C#N)=C\NCCc1cccc(F)c1. The maximum absolute atomic E-state index is 13.0. The van der Waals surface area contributed by atoms with E-state index < -0.39 is 0 Å². The maximum Gasteiger partial charge on any atom is 0.263 e. The molecule has 0 radical (unpaired) electrons. The topological polar surface area (TPSA) is 64.9 Å². The van der Waals surface area contributed by atoms with Crippen molar-refractivity contribution < 1.29 is 9.18 Å². The lowest BCUT2D eigenvalue weighted by atomic mass is 10.1. The lowest BCUT2D eigenvalue weighted by molar-refractivity contribution is -0.117. The van der Waals surface area contributed by atoms with Crippen molar-refractivity contribution >= 4 is 5.91 Å². The van der Waals surface area contributed by atoms with Gasteiger partial charge in [0.2, 0.25) is 0 Å². The van der Waals surface area contributed by atoms with Gasteiger partial charge in [0.05, 0.1) is 0 Å². The van der Waals surface area contributed by atoms with Gasteiger partial charge in [-0.1, -0.05) is 19.1 Å². The molecule has 0 aliphatic carbocycles. The van der Waals surface area contributed by atoms with E-state index in [1.807, 2.05) is 26.0 Å². The van der Waals surface area contributed by atoms with Gasteiger partial charge in [0.1, 0.15) is 17.5 Å². The number of carbonyl (C=O) groups is 1. The van der Waals surface area contributed by atoms with Crippen LogP contribution in [0.4, 0.5) is 4.39 Å². The van der Waals surface area contributed by atoms with Crippen LogP contribution in [-0.2, 0) is 11.2 Å². The number of amides is 1. The maximum atomic E-state index is 13.0. The summed E-state index contributed by atoms with van der Waals surface area (Å²) < 4.78 is 13.0. The summed E-state index contributed by atoms with van der Waals surface area (Å²) in [4.78, 5) is 11.8. The van der Waals surface area contributed by atoms with Crippen molar-refractivity contribution in [1.82, 2.24) is 10.6 Å². The highest BCUT2D eigenvalue weighted by atomic mass is 19.1. The number of rotatable bonds is 7. The zero-order valence-electron chi connectivity index (χ0n) is 12.3. The summed E-state index contributed by atoms with van der Waals surface area (Å²) in [6.07, 6.45) is 2.81. The molecule has 1 aromatic rings. The zero-order valence-corrected chi connectivity index (χ0v) is 12.3. The molecule has 112 valence electrons. The molecule has 0 aliphatic rings. The first-order valence-electron chi connectivity index (χ1n) is 6.95. The minimum Gasteiger partial charge on any atom is -0.389 e. The Morgan fingerprint density at radius 1 is 1.52 bits per heavy atom. The van der Waals surface area contributed by atoms with Gasteiger partial charge in [0.15, 0.2) is 0 Å². The van der Waals surface area contributed by atoms with E-state index in [-0.39, 0.29) is 23.3 Å². The molecule has 0 bridgehead atoms. The Hall–Kier alpha value is -2.35. The van der Waals surface area contributed by atoms with E-state index in [0.29, 0.717) is 13.0 Å². The molecule has 0 spiro atoms. The summed E-state index contributed by atoms with van der Waals surface area (Å²) in [5, 5.41) is 14.6. The normalized spacial score (nSPS) is 12.4. The van der Waals surface area contributed by atoms with Crippen LogP contribution in [0.15, 0.2) is 36.0 Å². The fourth-order valence-electron chi connectivity index (χ4n) is 1.64. The standard InChI is InChI=1S/C16H20FN3O/c1-3-12(2)20-16(21)14(10-18)11-19-8-7-13-5-4-6-15(17)9-13/h4-6,9,11-12,19H,3,7-8H2,1-2H3,(H,20,21)/b14-11-. The van der Waals surface area contributed by atoms with Gasteiger partial charge in [-0.2, -0.15) is 5.26 Å². The number of halogens is 1. The molecule has 21 heavy (non-hydrogen) atoms. The van der Waals surface area contributed by atoms with Crippen molar-refractivity contribution in [1.29, 1.82) is 5.26 Å². The summed E-state index contributed by atoms with van der Waals surface area (Å²) in [7, 11) is 0. The quantitative estimate of drug-likeness (QED) is 0.460. The third-order valence-electron chi connectivity index (χ3n) is 3.05. The average Bonchev–Trinajstić information content (AvgIpc) is 2.47. The first-order valence-corrected chi connectivity index (χ1v) is 6.95. The molecule has 1 unspecified atom stereocenters. The molecule has 1 amide bonds. The van der Waals surface area contributed by atoms with Crippen LogP contribution < -0.4 is 10.6 Å². The van der Waals surface area contributed by atoms with Crippen LogP contribution in [0.5, 0.6) is 0 Å². The molecule has 1 rings (SSSR count). The second kappa shape index (κ2) is 8.75. The lowest BCUT2D eigenvalue weighted by Gasteiger charge is -2.10. The molecule has 1 atom stereocenters. The molecule has 5 heteroatoms. The van der Waals surface area contributed by atoms with Crippen LogP contribution in [0.25, 0.3) is 0 Å². The Morgan fingerprint density at radius 2 is 2.29 bits per heavy atom. The number of hydrogen-bond donors (Lipinski definition) is 2. The van der Waals surface area contributed by atoms with E-state index in [1.165, 1.54) is 18.3 Å². The van der Waals surface area contributed by atoms with Gasteiger partial charge in [0.25, 0.3) is 5.91 Å². The summed E-state index contributed by atoms with van der Waals surface area (Å²) in [5.41, 5.74) is 0.896. The van der Waals surface area contributed by atoms with Crippen LogP contribution in [-0.4, -0.2) is 18.5 Å². The predicted molar refractivity (Wildman–Crippen MR) is 79.7 cm³/mol. The monoisotopic (exact) mass is 289 g/mol. The van der Waals surface area contributed by atoms with Crippen molar-refractivity contribution in [2.75, 3.05) is 6.54 Å². The first-order chi connectivity index (χ1) is 10.1. The Morgan fingerprint density at radius 3 is 2.90 bits per heavy atom. The van der Waals surface area contributed by atoms with E-state index in [9.17, 15) is 9.18 Å². The van der Waals surface area contributed by atoms with Crippen LogP contribution >= 0.6 is 0 Å². The highest BCUT2D eigenvalue weighted by Crippen LogP contribution is 2.03. The number of nitrogens with one attached hydrogen (secondary N) is 2. The van der Waals surface area contributed by atoms with Crippen LogP contribution in [0.2, 0.25) is 0 Å². The molecular formula is C16H20FN3O. The van der Waals surface area contributed by atoms with E-state index in [2.05, 4.69) is 10.6 Å². The summed E-state index contributed by atoms with van der Waals surface area (Å²) >= 11 is 0. The second-order valence-corrected chi connectivity index (χ2v) is 4.79.